The molecule has 20 heavy (non-hydrogen) atoms. The lowest BCUT2D eigenvalue weighted by atomic mass is 9.90. The van der Waals surface area contributed by atoms with Crippen molar-refractivity contribution in [2.75, 3.05) is 6.61 Å². The molecule has 5 heteroatoms. The summed E-state index contributed by atoms with van der Waals surface area (Å²) >= 11 is 4.99. The van der Waals surface area contributed by atoms with Crippen molar-refractivity contribution < 1.29 is 9.53 Å². The zero-order valence-electron chi connectivity index (χ0n) is 11.6. The molecule has 0 bridgehead atoms. The van der Waals surface area contributed by atoms with Gasteiger partial charge in [0.15, 0.2) is 0 Å². The van der Waals surface area contributed by atoms with Crippen LogP contribution in [0.15, 0.2) is 34.1 Å². The van der Waals surface area contributed by atoms with E-state index in [-0.39, 0.29) is 5.97 Å². The van der Waals surface area contributed by atoms with Gasteiger partial charge in [0.25, 0.3) is 0 Å². The topological polar surface area (TPSA) is 39.2 Å². The third-order valence-corrected chi connectivity index (χ3v) is 4.39. The predicted molar refractivity (Wildman–Crippen MR) is 84.9 cm³/mol. The van der Waals surface area contributed by atoms with E-state index in [0.29, 0.717) is 6.61 Å². The van der Waals surface area contributed by atoms with Crippen molar-refractivity contribution >= 4 is 33.2 Å². The molecule has 0 fully saturated rings. The van der Waals surface area contributed by atoms with Gasteiger partial charge in [0, 0.05) is 15.4 Å². The van der Waals surface area contributed by atoms with Crippen molar-refractivity contribution in [3.8, 4) is 10.6 Å². The summed E-state index contributed by atoms with van der Waals surface area (Å²) in [5.41, 5.74) is 1.06. The summed E-state index contributed by atoms with van der Waals surface area (Å²) < 4.78 is 6.12. The minimum absolute atomic E-state index is 0.244. The highest BCUT2D eigenvalue weighted by molar-refractivity contribution is 9.10. The zero-order chi connectivity index (χ0) is 14.8. The van der Waals surface area contributed by atoms with Crippen molar-refractivity contribution in [1.82, 2.24) is 4.98 Å². The molecule has 0 radical (unpaired) electrons. The van der Waals surface area contributed by atoms with Gasteiger partial charge in [-0.05, 0) is 32.9 Å². The smallest absolute Gasteiger partial charge is 0.317 e. The van der Waals surface area contributed by atoms with Gasteiger partial charge in [-0.15, -0.1) is 11.3 Å². The fourth-order valence-corrected chi connectivity index (χ4v) is 3.11. The molecular weight excluding hydrogens is 338 g/mol. The van der Waals surface area contributed by atoms with Crippen LogP contribution >= 0.6 is 27.3 Å². The Bertz CT molecular complexity index is 622. The Morgan fingerprint density at radius 3 is 2.85 bits per heavy atom. The quantitative estimate of drug-likeness (QED) is 0.764. The van der Waals surface area contributed by atoms with Crippen LogP contribution in [0.25, 0.3) is 10.6 Å². The highest BCUT2D eigenvalue weighted by Crippen LogP contribution is 2.31. The van der Waals surface area contributed by atoms with Gasteiger partial charge in [-0.25, -0.2) is 4.98 Å². The van der Waals surface area contributed by atoms with Gasteiger partial charge < -0.3 is 4.74 Å². The lowest BCUT2D eigenvalue weighted by Crippen LogP contribution is -2.31. The second-order valence-corrected chi connectivity index (χ2v) is 6.67. The van der Waals surface area contributed by atoms with Gasteiger partial charge in [0.1, 0.15) is 10.4 Å². The third kappa shape index (κ3) is 3.10. The SMILES string of the molecule is CCOC(=O)C(C)(C)c1csc(-c2cccc(Br)c2)n1. The summed E-state index contributed by atoms with van der Waals surface area (Å²) in [4.78, 5) is 16.6. The van der Waals surface area contributed by atoms with Crippen molar-refractivity contribution in [3.63, 3.8) is 0 Å². The van der Waals surface area contributed by atoms with Gasteiger partial charge >= 0.3 is 5.97 Å². The number of thiazole rings is 1. The Balaban J connectivity index is 2.31. The van der Waals surface area contributed by atoms with E-state index in [1.54, 1.807) is 0 Å². The molecule has 3 nitrogen and oxygen atoms in total. The van der Waals surface area contributed by atoms with E-state index in [4.69, 9.17) is 4.74 Å². The van der Waals surface area contributed by atoms with E-state index in [0.717, 1.165) is 20.7 Å². The molecule has 1 heterocycles. The second kappa shape index (κ2) is 6.06. The first-order valence-corrected chi connectivity index (χ1v) is 8.01. The van der Waals surface area contributed by atoms with Crippen LogP contribution in [0.5, 0.6) is 0 Å². The first kappa shape index (κ1) is 15.2. The molecule has 1 aromatic carbocycles. The van der Waals surface area contributed by atoms with Crippen LogP contribution in [0, 0.1) is 0 Å². The van der Waals surface area contributed by atoms with Crippen LogP contribution < -0.4 is 0 Å². The van der Waals surface area contributed by atoms with E-state index in [1.807, 2.05) is 50.4 Å². The molecule has 0 amide bonds. The van der Waals surface area contributed by atoms with Crippen molar-refractivity contribution in [2.24, 2.45) is 0 Å². The largest absolute Gasteiger partial charge is 0.465 e. The van der Waals surface area contributed by atoms with Gasteiger partial charge in [0.2, 0.25) is 0 Å². The van der Waals surface area contributed by atoms with Crippen LogP contribution in [0.2, 0.25) is 0 Å². The first-order chi connectivity index (χ1) is 9.45. The van der Waals surface area contributed by atoms with E-state index in [1.165, 1.54) is 11.3 Å². The van der Waals surface area contributed by atoms with Crippen molar-refractivity contribution in [3.05, 3.63) is 39.8 Å². The van der Waals surface area contributed by atoms with E-state index in [9.17, 15) is 4.79 Å². The Morgan fingerprint density at radius 2 is 2.20 bits per heavy atom. The number of carbonyl (C=O) groups is 1. The number of aromatic nitrogens is 1. The van der Waals surface area contributed by atoms with Gasteiger partial charge in [0.05, 0.1) is 12.3 Å². The Labute approximate surface area is 131 Å². The molecule has 0 spiro atoms. The highest BCUT2D eigenvalue weighted by Gasteiger charge is 2.33. The molecular formula is C15H16BrNO2S. The Morgan fingerprint density at radius 1 is 1.45 bits per heavy atom. The fourth-order valence-electron chi connectivity index (χ4n) is 1.73. The van der Waals surface area contributed by atoms with Crippen LogP contribution in [0.1, 0.15) is 26.5 Å². The predicted octanol–water partition coefficient (Wildman–Crippen LogP) is 4.41. The average molecular weight is 354 g/mol. The fraction of sp³-hybridized carbons (Fsp3) is 0.333. The third-order valence-electron chi connectivity index (χ3n) is 3.00. The van der Waals surface area contributed by atoms with E-state index in [2.05, 4.69) is 20.9 Å². The monoisotopic (exact) mass is 353 g/mol. The van der Waals surface area contributed by atoms with Crippen LogP contribution in [-0.2, 0) is 14.9 Å². The highest BCUT2D eigenvalue weighted by atomic mass is 79.9. The summed E-state index contributed by atoms with van der Waals surface area (Å²) in [5.74, 6) is -0.244. The van der Waals surface area contributed by atoms with Gasteiger partial charge in [-0.1, -0.05) is 28.1 Å². The lowest BCUT2D eigenvalue weighted by Gasteiger charge is -2.19. The number of hydrogen-bond acceptors (Lipinski definition) is 4. The number of ether oxygens (including phenoxy) is 1. The minimum atomic E-state index is -0.725. The number of halogens is 1. The molecule has 0 atom stereocenters. The Kier molecular flexibility index (Phi) is 4.60. The molecule has 0 saturated heterocycles. The maximum absolute atomic E-state index is 12.0. The summed E-state index contributed by atoms with van der Waals surface area (Å²) in [6.07, 6.45) is 0. The van der Waals surface area contributed by atoms with Crippen molar-refractivity contribution in [2.45, 2.75) is 26.2 Å². The zero-order valence-corrected chi connectivity index (χ0v) is 14.0. The molecule has 0 N–H and O–H groups in total. The molecule has 2 rings (SSSR count). The molecule has 0 unspecified atom stereocenters. The van der Waals surface area contributed by atoms with E-state index >= 15 is 0 Å². The summed E-state index contributed by atoms with van der Waals surface area (Å²) in [6, 6.07) is 7.96. The van der Waals surface area contributed by atoms with Crippen LogP contribution in [0.3, 0.4) is 0 Å². The lowest BCUT2D eigenvalue weighted by molar-refractivity contribution is -0.148. The molecule has 0 aliphatic rings. The number of nitrogens with zero attached hydrogens (tertiary/aromatic N) is 1. The Hall–Kier alpha value is -1.20. The summed E-state index contributed by atoms with van der Waals surface area (Å²) in [7, 11) is 0. The van der Waals surface area contributed by atoms with Gasteiger partial charge in [-0.2, -0.15) is 0 Å². The summed E-state index contributed by atoms with van der Waals surface area (Å²) in [6.45, 7) is 5.86. The maximum Gasteiger partial charge on any atom is 0.317 e. The van der Waals surface area contributed by atoms with Gasteiger partial charge in [-0.3, -0.25) is 4.79 Å². The molecule has 1 aromatic heterocycles. The normalized spacial score (nSPS) is 11.4. The maximum atomic E-state index is 12.0. The summed E-state index contributed by atoms with van der Waals surface area (Å²) in [5, 5.41) is 2.83. The molecule has 0 saturated carbocycles. The number of rotatable bonds is 4. The second-order valence-electron chi connectivity index (χ2n) is 4.89. The number of benzene rings is 1. The average Bonchev–Trinajstić information content (AvgIpc) is 2.89. The number of esters is 1. The number of hydrogen-bond donors (Lipinski definition) is 0. The van der Waals surface area contributed by atoms with Crippen LogP contribution in [-0.4, -0.2) is 17.6 Å². The first-order valence-electron chi connectivity index (χ1n) is 6.34. The van der Waals surface area contributed by atoms with Crippen LogP contribution in [0.4, 0.5) is 0 Å². The standard InChI is InChI=1S/C15H16BrNO2S/c1-4-19-14(18)15(2,3)12-9-20-13(17-12)10-6-5-7-11(16)8-10/h5-9H,4H2,1-3H3. The van der Waals surface area contributed by atoms with Crippen molar-refractivity contribution in [1.29, 1.82) is 0 Å². The molecule has 0 aliphatic heterocycles. The molecule has 2 aromatic rings. The molecule has 106 valence electrons. The minimum Gasteiger partial charge on any atom is -0.465 e. The molecule has 0 aliphatic carbocycles. The van der Waals surface area contributed by atoms with E-state index < -0.39 is 5.41 Å². The number of carbonyl (C=O) groups excluding carboxylic acids is 1.